The Labute approximate surface area is 168 Å². The van der Waals surface area contributed by atoms with Gasteiger partial charge in [-0.2, -0.15) is 0 Å². The minimum Gasteiger partial charge on any atom is -0.369 e. The third-order valence-corrected chi connectivity index (χ3v) is 5.63. The number of carbonyl (C=O) groups excluding carboxylic acids is 1. The number of carbonyl (C=O) groups is 1. The molecule has 5 nitrogen and oxygen atoms in total. The maximum atomic E-state index is 11.3. The number of nitrogens with two attached hydrogens (primary N) is 1. The molecule has 2 heterocycles. The zero-order valence-electron chi connectivity index (χ0n) is 17.1. The number of benzene rings is 1. The highest BCUT2D eigenvalue weighted by molar-refractivity contribution is 5.77. The Kier molecular flexibility index (Phi) is 7.04. The van der Waals surface area contributed by atoms with Gasteiger partial charge in [0.1, 0.15) is 0 Å². The number of allylic oxidation sites excluding steroid dienone is 2. The van der Waals surface area contributed by atoms with Crippen LogP contribution in [-0.4, -0.2) is 40.0 Å². The molecule has 1 saturated heterocycles. The van der Waals surface area contributed by atoms with E-state index in [4.69, 9.17) is 10.7 Å². The van der Waals surface area contributed by atoms with Crippen LogP contribution in [-0.2, 0) is 11.3 Å². The number of hydrogen-bond donors (Lipinski definition) is 1. The number of hydrogen-bond acceptors (Lipinski definition) is 3. The molecule has 1 aromatic carbocycles. The van der Waals surface area contributed by atoms with Crippen molar-refractivity contribution in [3.63, 3.8) is 0 Å². The van der Waals surface area contributed by atoms with Gasteiger partial charge in [0.05, 0.1) is 17.7 Å². The average Bonchev–Trinajstić information content (AvgIpc) is 3.13. The van der Waals surface area contributed by atoms with Crippen molar-refractivity contribution in [2.75, 3.05) is 19.6 Å². The number of aryl methyl sites for hydroxylation is 1. The molecular weight excluding hydrogens is 348 g/mol. The van der Waals surface area contributed by atoms with Gasteiger partial charge in [0.15, 0.2) is 0 Å². The molecule has 2 aromatic rings. The lowest BCUT2D eigenvalue weighted by atomic mass is 9.96. The summed E-state index contributed by atoms with van der Waals surface area (Å²) in [6, 6.07) is 10.4. The minimum atomic E-state index is -0.144. The van der Waals surface area contributed by atoms with Crippen LogP contribution in [0.5, 0.6) is 0 Å². The van der Waals surface area contributed by atoms with Gasteiger partial charge in [-0.3, -0.25) is 4.79 Å². The molecule has 1 fully saturated rings. The first-order chi connectivity index (χ1) is 13.6. The van der Waals surface area contributed by atoms with Crippen molar-refractivity contribution in [3.05, 3.63) is 48.4 Å². The van der Waals surface area contributed by atoms with E-state index in [0.29, 0.717) is 0 Å². The molecule has 0 saturated carbocycles. The van der Waals surface area contributed by atoms with Gasteiger partial charge in [0, 0.05) is 18.0 Å². The van der Waals surface area contributed by atoms with E-state index in [2.05, 4.69) is 53.7 Å². The maximum Gasteiger partial charge on any atom is 0.220 e. The number of likely N-dealkylation sites (tertiary alicyclic amines) is 1. The third-order valence-electron chi connectivity index (χ3n) is 5.63. The highest BCUT2D eigenvalue weighted by Crippen LogP contribution is 2.28. The highest BCUT2D eigenvalue weighted by atomic mass is 16.1. The second-order valence-electron chi connectivity index (χ2n) is 7.67. The lowest BCUT2D eigenvalue weighted by Gasteiger charge is -2.30. The van der Waals surface area contributed by atoms with E-state index in [0.717, 1.165) is 63.1 Å². The van der Waals surface area contributed by atoms with E-state index in [1.807, 2.05) is 12.4 Å². The fraction of sp³-hybridized carbons (Fsp3) is 0.478. The molecule has 0 atom stereocenters. The molecule has 2 N–H and O–H groups in total. The highest BCUT2D eigenvalue weighted by Gasteiger charge is 2.22. The summed E-state index contributed by atoms with van der Waals surface area (Å²) < 4.78 is 2.29. The zero-order valence-corrected chi connectivity index (χ0v) is 17.1. The van der Waals surface area contributed by atoms with Crippen LogP contribution in [0, 0.1) is 5.92 Å². The van der Waals surface area contributed by atoms with Crippen molar-refractivity contribution >= 4 is 11.5 Å². The fourth-order valence-electron chi connectivity index (χ4n) is 4.08. The van der Waals surface area contributed by atoms with Gasteiger partial charge < -0.3 is 15.2 Å². The van der Waals surface area contributed by atoms with Crippen LogP contribution in [0.1, 0.15) is 45.2 Å². The summed E-state index contributed by atoms with van der Waals surface area (Å²) in [6.07, 6.45) is 8.11. The predicted octanol–water partition coefficient (Wildman–Crippen LogP) is 3.95. The number of amides is 1. The summed E-state index contributed by atoms with van der Waals surface area (Å²) in [5.41, 5.74) is 10.2. The second kappa shape index (κ2) is 9.69. The number of aromatic nitrogens is 2. The van der Waals surface area contributed by atoms with E-state index in [9.17, 15) is 4.79 Å². The molecule has 3 rings (SSSR count). The number of rotatable bonds is 8. The Morgan fingerprint density at radius 3 is 2.57 bits per heavy atom. The second-order valence-corrected chi connectivity index (χ2v) is 7.67. The number of imidazole rings is 1. The molecule has 0 unspecified atom stereocenters. The lowest BCUT2D eigenvalue weighted by molar-refractivity contribution is -0.123. The predicted molar refractivity (Wildman–Crippen MR) is 115 cm³/mol. The topological polar surface area (TPSA) is 64.2 Å². The van der Waals surface area contributed by atoms with Gasteiger partial charge in [-0.1, -0.05) is 43.3 Å². The Balaban J connectivity index is 1.66. The first-order valence-corrected chi connectivity index (χ1v) is 10.4. The van der Waals surface area contributed by atoms with Crippen molar-refractivity contribution in [2.24, 2.45) is 11.7 Å². The molecule has 0 radical (unpaired) electrons. The fourth-order valence-corrected chi connectivity index (χ4v) is 4.08. The largest absolute Gasteiger partial charge is 0.369 e. The Morgan fingerprint density at radius 2 is 1.93 bits per heavy atom. The number of primary amides is 1. The Morgan fingerprint density at radius 1 is 1.21 bits per heavy atom. The summed E-state index contributed by atoms with van der Waals surface area (Å²) >= 11 is 0. The van der Waals surface area contributed by atoms with Crippen LogP contribution in [0.25, 0.3) is 16.8 Å². The van der Waals surface area contributed by atoms with Crippen LogP contribution in [0.15, 0.2) is 42.7 Å². The van der Waals surface area contributed by atoms with Gasteiger partial charge in [0.2, 0.25) is 5.91 Å². The van der Waals surface area contributed by atoms with Crippen LogP contribution in [0.4, 0.5) is 0 Å². The summed E-state index contributed by atoms with van der Waals surface area (Å²) in [6.45, 7) is 8.27. The van der Waals surface area contributed by atoms with Gasteiger partial charge in [-0.15, -0.1) is 0 Å². The normalized spacial score (nSPS) is 16.4. The molecule has 1 amide bonds. The maximum absolute atomic E-state index is 11.3. The number of nitrogens with zero attached hydrogens (tertiary/aromatic N) is 3. The molecule has 0 aliphatic carbocycles. The molecule has 28 heavy (non-hydrogen) atoms. The molecule has 5 heteroatoms. The molecule has 1 aliphatic rings. The quantitative estimate of drug-likeness (QED) is 0.754. The van der Waals surface area contributed by atoms with E-state index < -0.39 is 0 Å². The third kappa shape index (κ3) is 4.90. The lowest BCUT2D eigenvalue weighted by Crippen LogP contribution is -2.39. The standard InChI is InChI=1S/C23H32N4O/c1-3-8-18(2)22-21(19-9-5-4-6-10-19)25-17-27(22)14-7-13-26-15-11-20(12-16-26)23(24)28/h4-6,8-10,17,20H,3,7,11-16H2,1-2H3,(H2,24,28)/b18-8+. The monoisotopic (exact) mass is 380 g/mol. The van der Waals surface area contributed by atoms with Crippen molar-refractivity contribution in [2.45, 2.75) is 46.1 Å². The van der Waals surface area contributed by atoms with Gasteiger partial charge >= 0.3 is 0 Å². The number of piperidine rings is 1. The first-order valence-electron chi connectivity index (χ1n) is 10.4. The van der Waals surface area contributed by atoms with Crippen LogP contribution in [0.3, 0.4) is 0 Å². The molecule has 1 aromatic heterocycles. The Bertz CT molecular complexity index is 801. The Hall–Kier alpha value is -2.40. The van der Waals surface area contributed by atoms with Crippen LogP contribution >= 0.6 is 0 Å². The zero-order chi connectivity index (χ0) is 19.9. The SMILES string of the molecule is CC/C=C(\C)c1c(-c2ccccc2)ncn1CCCN1CCC(C(N)=O)CC1. The van der Waals surface area contributed by atoms with E-state index >= 15 is 0 Å². The molecule has 150 valence electrons. The average molecular weight is 381 g/mol. The van der Waals surface area contributed by atoms with Crippen LogP contribution < -0.4 is 5.73 Å². The van der Waals surface area contributed by atoms with Gasteiger partial charge in [-0.25, -0.2) is 4.98 Å². The van der Waals surface area contributed by atoms with E-state index in [-0.39, 0.29) is 11.8 Å². The summed E-state index contributed by atoms with van der Waals surface area (Å²) in [7, 11) is 0. The molecule has 0 bridgehead atoms. The molecular formula is C23H32N4O. The molecule has 0 spiro atoms. The minimum absolute atomic E-state index is 0.0618. The van der Waals surface area contributed by atoms with Crippen molar-refractivity contribution in [1.82, 2.24) is 14.5 Å². The van der Waals surface area contributed by atoms with E-state index in [1.54, 1.807) is 0 Å². The molecule has 1 aliphatic heterocycles. The van der Waals surface area contributed by atoms with E-state index in [1.165, 1.54) is 11.3 Å². The van der Waals surface area contributed by atoms with Crippen LogP contribution in [0.2, 0.25) is 0 Å². The van der Waals surface area contributed by atoms with Crippen molar-refractivity contribution in [1.29, 1.82) is 0 Å². The summed E-state index contributed by atoms with van der Waals surface area (Å²) in [5.74, 6) is -0.0823. The van der Waals surface area contributed by atoms with Gasteiger partial charge in [0.25, 0.3) is 0 Å². The summed E-state index contributed by atoms with van der Waals surface area (Å²) in [4.78, 5) is 18.5. The first kappa shape index (κ1) is 20.3. The smallest absolute Gasteiger partial charge is 0.220 e. The van der Waals surface area contributed by atoms with Crippen molar-refractivity contribution in [3.8, 4) is 11.3 Å². The van der Waals surface area contributed by atoms with Gasteiger partial charge in [-0.05, 0) is 57.8 Å². The summed E-state index contributed by atoms with van der Waals surface area (Å²) in [5, 5.41) is 0. The van der Waals surface area contributed by atoms with Crippen molar-refractivity contribution < 1.29 is 4.79 Å².